The molecule has 0 unspecified atom stereocenters. The lowest BCUT2D eigenvalue weighted by Gasteiger charge is -2.07. The van der Waals surface area contributed by atoms with Gasteiger partial charge < -0.3 is 5.73 Å². The summed E-state index contributed by atoms with van der Waals surface area (Å²) in [5.74, 6) is -0.467. The van der Waals surface area contributed by atoms with Crippen molar-refractivity contribution in [3.05, 3.63) is 77.4 Å². The van der Waals surface area contributed by atoms with Crippen LogP contribution in [0.4, 0.5) is 0 Å². The molecule has 2 aromatic carbocycles. The highest BCUT2D eigenvalue weighted by molar-refractivity contribution is 6.33. The number of benzene rings is 2. The first-order valence-electron chi connectivity index (χ1n) is 6.76. The Morgan fingerprint density at radius 1 is 0.955 bits per heavy atom. The van der Waals surface area contributed by atoms with Gasteiger partial charge in [-0.2, -0.15) is 0 Å². The van der Waals surface area contributed by atoms with Crippen LogP contribution in [0.5, 0.6) is 0 Å². The first kappa shape index (κ1) is 14.3. The van der Waals surface area contributed by atoms with Crippen LogP contribution in [-0.2, 0) is 0 Å². The molecule has 3 nitrogen and oxygen atoms in total. The Hall–Kier alpha value is -2.65. The molecule has 0 atom stereocenters. The van der Waals surface area contributed by atoms with Gasteiger partial charge in [0.25, 0.3) is 0 Å². The summed E-state index contributed by atoms with van der Waals surface area (Å²) >= 11 is 6.25. The van der Waals surface area contributed by atoms with Crippen molar-refractivity contribution in [1.29, 1.82) is 0 Å². The van der Waals surface area contributed by atoms with E-state index in [4.69, 9.17) is 17.3 Å². The number of amides is 1. The van der Waals surface area contributed by atoms with Gasteiger partial charge in [-0.3, -0.25) is 9.78 Å². The molecule has 0 saturated carbocycles. The van der Waals surface area contributed by atoms with Crippen molar-refractivity contribution in [1.82, 2.24) is 4.98 Å². The van der Waals surface area contributed by atoms with Gasteiger partial charge in [0, 0.05) is 27.9 Å². The predicted molar refractivity (Wildman–Crippen MR) is 88.6 cm³/mol. The third-order valence-corrected chi connectivity index (χ3v) is 3.72. The van der Waals surface area contributed by atoms with Crippen molar-refractivity contribution in [2.24, 2.45) is 5.73 Å². The summed E-state index contributed by atoms with van der Waals surface area (Å²) in [6.07, 6.45) is 1.58. The molecule has 108 valence electrons. The minimum Gasteiger partial charge on any atom is -0.366 e. The zero-order chi connectivity index (χ0) is 15.5. The van der Waals surface area contributed by atoms with Crippen molar-refractivity contribution in [2.75, 3.05) is 0 Å². The standard InChI is InChI=1S/C18H13ClN2O/c19-16-7-2-1-6-15(16)12-4-3-5-13(10-12)17-11-14(18(20)22)8-9-21-17/h1-11H,(H2,20,22). The molecule has 3 aromatic rings. The smallest absolute Gasteiger partial charge is 0.248 e. The maximum Gasteiger partial charge on any atom is 0.248 e. The lowest BCUT2D eigenvalue weighted by molar-refractivity contribution is 0.1000. The van der Waals surface area contributed by atoms with E-state index in [0.717, 1.165) is 16.7 Å². The van der Waals surface area contributed by atoms with E-state index in [1.165, 1.54) is 0 Å². The summed E-state index contributed by atoms with van der Waals surface area (Å²) in [5, 5.41) is 0.693. The number of hydrogen-bond donors (Lipinski definition) is 1. The molecule has 0 aliphatic rings. The second kappa shape index (κ2) is 6.00. The number of nitrogens with two attached hydrogens (primary N) is 1. The van der Waals surface area contributed by atoms with Crippen molar-refractivity contribution < 1.29 is 4.79 Å². The minimum atomic E-state index is -0.467. The average Bonchev–Trinajstić information content (AvgIpc) is 2.55. The van der Waals surface area contributed by atoms with E-state index in [1.54, 1.807) is 18.3 Å². The van der Waals surface area contributed by atoms with Gasteiger partial charge in [0.2, 0.25) is 5.91 Å². The third-order valence-electron chi connectivity index (χ3n) is 3.39. The van der Waals surface area contributed by atoms with E-state index in [1.807, 2.05) is 48.5 Å². The first-order chi connectivity index (χ1) is 10.6. The van der Waals surface area contributed by atoms with Gasteiger partial charge in [0.05, 0.1) is 5.69 Å². The number of carbonyl (C=O) groups is 1. The lowest BCUT2D eigenvalue weighted by atomic mass is 10.0. The summed E-state index contributed by atoms with van der Waals surface area (Å²) in [6, 6.07) is 18.8. The van der Waals surface area contributed by atoms with Crippen LogP contribution in [0, 0.1) is 0 Å². The zero-order valence-electron chi connectivity index (χ0n) is 11.7. The number of rotatable bonds is 3. The predicted octanol–water partition coefficient (Wildman–Crippen LogP) is 4.17. The molecule has 3 rings (SSSR count). The Balaban J connectivity index is 2.07. The van der Waals surface area contributed by atoms with Gasteiger partial charge in [0.15, 0.2) is 0 Å². The molecule has 0 aliphatic heterocycles. The monoisotopic (exact) mass is 308 g/mol. The second-order valence-electron chi connectivity index (χ2n) is 4.85. The summed E-state index contributed by atoms with van der Waals surface area (Å²) in [5.41, 5.74) is 9.31. The van der Waals surface area contributed by atoms with Gasteiger partial charge >= 0.3 is 0 Å². The van der Waals surface area contributed by atoms with Gasteiger partial charge in [-0.15, -0.1) is 0 Å². The lowest BCUT2D eigenvalue weighted by Crippen LogP contribution is -2.10. The first-order valence-corrected chi connectivity index (χ1v) is 7.14. The highest BCUT2D eigenvalue weighted by atomic mass is 35.5. The Labute approximate surface area is 133 Å². The maximum atomic E-state index is 11.3. The van der Waals surface area contributed by atoms with Crippen molar-refractivity contribution in [3.63, 3.8) is 0 Å². The molecule has 0 bridgehead atoms. The molecule has 0 fully saturated rings. The molecule has 22 heavy (non-hydrogen) atoms. The van der Waals surface area contributed by atoms with Crippen LogP contribution in [-0.4, -0.2) is 10.9 Å². The molecular weight excluding hydrogens is 296 g/mol. The number of primary amides is 1. The van der Waals surface area contributed by atoms with Gasteiger partial charge in [-0.1, -0.05) is 48.0 Å². The van der Waals surface area contributed by atoms with Crippen molar-refractivity contribution in [3.8, 4) is 22.4 Å². The molecule has 0 saturated heterocycles. The summed E-state index contributed by atoms with van der Waals surface area (Å²) in [7, 11) is 0. The fourth-order valence-electron chi connectivity index (χ4n) is 2.28. The summed E-state index contributed by atoms with van der Waals surface area (Å²) in [6.45, 7) is 0. The van der Waals surface area contributed by atoms with Crippen LogP contribution in [0.2, 0.25) is 5.02 Å². The number of halogens is 1. The zero-order valence-corrected chi connectivity index (χ0v) is 12.4. The van der Waals surface area contributed by atoms with Gasteiger partial charge in [-0.05, 0) is 29.8 Å². The van der Waals surface area contributed by atoms with Crippen LogP contribution in [0.15, 0.2) is 66.9 Å². The number of nitrogens with zero attached hydrogens (tertiary/aromatic N) is 1. The van der Waals surface area contributed by atoms with E-state index in [0.29, 0.717) is 16.3 Å². The highest BCUT2D eigenvalue weighted by Gasteiger charge is 2.07. The fraction of sp³-hybridized carbons (Fsp3) is 0. The van der Waals surface area contributed by atoms with Crippen molar-refractivity contribution >= 4 is 17.5 Å². The second-order valence-corrected chi connectivity index (χ2v) is 5.26. The molecule has 0 aliphatic carbocycles. The number of aromatic nitrogens is 1. The van der Waals surface area contributed by atoms with Crippen LogP contribution < -0.4 is 5.73 Å². The SMILES string of the molecule is NC(=O)c1ccnc(-c2cccc(-c3ccccc3Cl)c2)c1. The Kier molecular flexibility index (Phi) is 3.90. The van der Waals surface area contributed by atoms with Gasteiger partial charge in [-0.25, -0.2) is 0 Å². The van der Waals surface area contributed by atoms with Crippen LogP contribution >= 0.6 is 11.6 Å². The molecule has 4 heteroatoms. The molecule has 1 heterocycles. The topological polar surface area (TPSA) is 56.0 Å². The van der Waals surface area contributed by atoms with E-state index in [2.05, 4.69) is 4.98 Å². The molecule has 0 radical (unpaired) electrons. The van der Waals surface area contributed by atoms with Crippen LogP contribution in [0.1, 0.15) is 10.4 Å². The fourth-order valence-corrected chi connectivity index (χ4v) is 2.53. The van der Waals surface area contributed by atoms with E-state index in [-0.39, 0.29) is 0 Å². The van der Waals surface area contributed by atoms with E-state index < -0.39 is 5.91 Å². The van der Waals surface area contributed by atoms with Crippen LogP contribution in [0.25, 0.3) is 22.4 Å². The van der Waals surface area contributed by atoms with Gasteiger partial charge in [0.1, 0.15) is 0 Å². The summed E-state index contributed by atoms with van der Waals surface area (Å²) < 4.78 is 0. The molecule has 1 aromatic heterocycles. The third kappa shape index (κ3) is 2.85. The number of hydrogen-bond acceptors (Lipinski definition) is 2. The molecule has 0 spiro atoms. The Morgan fingerprint density at radius 3 is 2.50 bits per heavy atom. The van der Waals surface area contributed by atoms with E-state index >= 15 is 0 Å². The maximum absolute atomic E-state index is 11.3. The quantitative estimate of drug-likeness (QED) is 0.789. The number of pyridine rings is 1. The average molecular weight is 309 g/mol. The normalized spacial score (nSPS) is 10.4. The minimum absolute atomic E-state index is 0.438. The highest BCUT2D eigenvalue weighted by Crippen LogP contribution is 2.30. The largest absolute Gasteiger partial charge is 0.366 e. The number of carbonyl (C=O) groups excluding carboxylic acids is 1. The molecule has 1 amide bonds. The molecular formula is C18H13ClN2O. The van der Waals surface area contributed by atoms with Crippen LogP contribution in [0.3, 0.4) is 0 Å². The molecule has 2 N–H and O–H groups in total. The van der Waals surface area contributed by atoms with E-state index in [9.17, 15) is 4.79 Å². The Morgan fingerprint density at radius 2 is 1.73 bits per heavy atom. The Bertz CT molecular complexity index is 846. The summed E-state index contributed by atoms with van der Waals surface area (Å²) in [4.78, 5) is 15.6. The van der Waals surface area contributed by atoms with Crippen molar-refractivity contribution in [2.45, 2.75) is 0 Å².